The number of hydrogen-bond acceptors (Lipinski definition) is 5. The Balaban J connectivity index is 2.18. The second-order valence-electron chi connectivity index (χ2n) is 4.23. The van der Waals surface area contributed by atoms with Crippen LogP contribution < -0.4 is 5.73 Å². The van der Waals surface area contributed by atoms with Crippen LogP contribution >= 0.6 is 11.3 Å². The molecule has 0 spiro atoms. The predicted molar refractivity (Wildman–Crippen MR) is 76.7 cm³/mol. The second-order valence-corrected chi connectivity index (χ2v) is 5.35. The third kappa shape index (κ3) is 2.13. The molecule has 3 aromatic heterocycles. The summed E-state index contributed by atoms with van der Waals surface area (Å²) >= 11 is 1.72. The van der Waals surface area contributed by atoms with Crippen LogP contribution in [-0.2, 0) is 12.8 Å². The summed E-state index contributed by atoms with van der Waals surface area (Å²) in [6, 6.07) is 2.17. The Bertz CT molecular complexity index is 700. The van der Waals surface area contributed by atoms with Crippen LogP contribution in [-0.4, -0.2) is 26.1 Å². The first-order valence-electron chi connectivity index (χ1n) is 6.29. The van der Waals surface area contributed by atoms with Gasteiger partial charge in [0, 0.05) is 23.7 Å². The van der Waals surface area contributed by atoms with Crippen LogP contribution in [0, 0.1) is 0 Å². The van der Waals surface area contributed by atoms with E-state index in [0.717, 1.165) is 34.7 Å². The highest BCUT2D eigenvalue weighted by atomic mass is 32.1. The van der Waals surface area contributed by atoms with Gasteiger partial charge in [-0.25, -0.2) is 15.0 Å². The third-order valence-corrected chi connectivity index (χ3v) is 4.21. The van der Waals surface area contributed by atoms with Gasteiger partial charge in [-0.1, -0.05) is 6.92 Å². The highest BCUT2D eigenvalue weighted by molar-refractivity contribution is 7.18. The minimum absolute atomic E-state index is 0.578. The highest BCUT2D eigenvalue weighted by Crippen LogP contribution is 2.28. The predicted octanol–water partition coefficient (Wildman–Crippen LogP) is 1.94. The zero-order valence-corrected chi connectivity index (χ0v) is 11.5. The van der Waals surface area contributed by atoms with Crippen molar-refractivity contribution in [3.8, 4) is 5.82 Å². The Morgan fingerprint density at radius 3 is 3.00 bits per heavy atom. The van der Waals surface area contributed by atoms with Crippen LogP contribution in [0.2, 0.25) is 0 Å². The number of nitrogens with zero attached hydrogens (tertiary/aromatic N) is 4. The summed E-state index contributed by atoms with van der Waals surface area (Å²) in [6.07, 6.45) is 7.07. The minimum atomic E-state index is 0.578. The molecule has 0 amide bonds. The van der Waals surface area contributed by atoms with Gasteiger partial charge in [0.05, 0.1) is 5.39 Å². The van der Waals surface area contributed by atoms with Crippen molar-refractivity contribution < 1.29 is 0 Å². The van der Waals surface area contributed by atoms with E-state index in [2.05, 4.69) is 27.9 Å². The number of aromatic nitrogens is 4. The van der Waals surface area contributed by atoms with E-state index in [0.29, 0.717) is 6.54 Å². The molecule has 0 aromatic carbocycles. The van der Waals surface area contributed by atoms with Crippen LogP contribution in [0.5, 0.6) is 0 Å². The summed E-state index contributed by atoms with van der Waals surface area (Å²) in [5.41, 5.74) is 5.62. The number of rotatable bonds is 4. The molecule has 0 aliphatic rings. The van der Waals surface area contributed by atoms with Crippen molar-refractivity contribution in [3.63, 3.8) is 0 Å². The lowest BCUT2D eigenvalue weighted by Crippen LogP contribution is -2.09. The maximum absolute atomic E-state index is 5.62. The molecule has 0 aliphatic heterocycles. The lowest BCUT2D eigenvalue weighted by molar-refractivity contribution is 0.825. The molecule has 19 heavy (non-hydrogen) atoms. The summed E-state index contributed by atoms with van der Waals surface area (Å²) in [4.78, 5) is 15.4. The van der Waals surface area contributed by atoms with E-state index >= 15 is 0 Å². The summed E-state index contributed by atoms with van der Waals surface area (Å²) in [5.74, 6) is 1.83. The molecule has 0 fully saturated rings. The first-order valence-corrected chi connectivity index (χ1v) is 7.11. The van der Waals surface area contributed by atoms with Gasteiger partial charge < -0.3 is 5.73 Å². The molecular formula is C13H15N5S. The monoisotopic (exact) mass is 273 g/mol. The van der Waals surface area contributed by atoms with Gasteiger partial charge in [0.25, 0.3) is 0 Å². The number of nitrogens with two attached hydrogens (primary N) is 1. The van der Waals surface area contributed by atoms with Gasteiger partial charge in [-0.15, -0.1) is 11.3 Å². The molecule has 5 nitrogen and oxygen atoms in total. The first-order chi connectivity index (χ1) is 9.33. The lowest BCUT2D eigenvalue weighted by Gasteiger charge is -2.06. The van der Waals surface area contributed by atoms with Crippen molar-refractivity contribution in [1.29, 1.82) is 0 Å². The van der Waals surface area contributed by atoms with E-state index in [4.69, 9.17) is 5.73 Å². The molecule has 3 rings (SSSR count). The average molecular weight is 273 g/mol. The van der Waals surface area contributed by atoms with Crippen LogP contribution in [0.3, 0.4) is 0 Å². The number of hydrogen-bond donors (Lipinski definition) is 1. The van der Waals surface area contributed by atoms with Gasteiger partial charge in [0.1, 0.15) is 22.8 Å². The Morgan fingerprint density at radius 2 is 2.21 bits per heavy atom. The van der Waals surface area contributed by atoms with Gasteiger partial charge >= 0.3 is 0 Å². The normalized spacial score (nSPS) is 11.3. The Hall–Kier alpha value is -1.79. The van der Waals surface area contributed by atoms with E-state index < -0.39 is 0 Å². The highest BCUT2D eigenvalue weighted by Gasteiger charge is 2.12. The quantitative estimate of drug-likeness (QED) is 0.788. The maximum Gasteiger partial charge on any atom is 0.150 e. The van der Waals surface area contributed by atoms with Crippen molar-refractivity contribution >= 4 is 21.6 Å². The van der Waals surface area contributed by atoms with Crippen molar-refractivity contribution in [1.82, 2.24) is 19.5 Å². The molecule has 6 heteroatoms. The Labute approximate surface area is 115 Å². The number of fused-ring (bicyclic) bond motifs is 1. The molecule has 2 N–H and O–H groups in total. The summed E-state index contributed by atoms with van der Waals surface area (Å²) in [7, 11) is 0. The van der Waals surface area contributed by atoms with Crippen molar-refractivity contribution in [2.75, 3.05) is 6.54 Å². The van der Waals surface area contributed by atoms with Gasteiger partial charge in [-0.05, 0) is 19.0 Å². The number of thiophene rings is 1. The van der Waals surface area contributed by atoms with Crippen LogP contribution in [0.15, 0.2) is 24.8 Å². The standard InChI is InChI=1S/C13H15N5S/c1-2-9-7-10-12(16-8-17-13(10)19-9)18-6-5-15-11(18)3-4-14/h5-8H,2-4,14H2,1H3. The van der Waals surface area contributed by atoms with Gasteiger partial charge in [-0.2, -0.15) is 0 Å². The van der Waals surface area contributed by atoms with Crippen LogP contribution in [0.25, 0.3) is 16.0 Å². The Morgan fingerprint density at radius 1 is 1.32 bits per heavy atom. The third-order valence-electron chi connectivity index (χ3n) is 3.02. The van der Waals surface area contributed by atoms with E-state index in [1.165, 1.54) is 4.88 Å². The molecule has 0 saturated heterocycles. The van der Waals surface area contributed by atoms with E-state index in [-0.39, 0.29) is 0 Å². The average Bonchev–Trinajstić information content (AvgIpc) is 3.04. The van der Waals surface area contributed by atoms with Gasteiger partial charge in [0.15, 0.2) is 0 Å². The van der Waals surface area contributed by atoms with E-state index in [9.17, 15) is 0 Å². The fourth-order valence-electron chi connectivity index (χ4n) is 2.10. The molecule has 3 heterocycles. The molecule has 98 valence electrons. The first kappa shape index (κ1) is 12.3. The van der Waals surface area contributed by atoms with Gasteiger partial charge in [-0.3, -0.25) is 4.57 Å². The van der Waals surface area contributed by atoms with Crippen LogP contribution in [0.1, 0.15) is 17.6 Å². The van der Waals surface area contributed by atoms with E-state index in [1.54, 1.807) is 23.9 Å². The van der Waals surface area contributed by atoms with Crippen molar-refractivity contribution in [2.24, 2.45) is 5.73 Å². The minimum Gasteiger partial charge on any atom is -0.330 e. The van der Waals surface area contributed by atoms with Crippen LogP contribution in [0.4, 0.5) is 0 Å². The Kier molecular flexibility index (Phi) is 3.27. The SMILES string of the molecule is CCc1cc2c(-n3ccnc3CCN)ncnc2s1. The van der Waals surface area contributed by atoms with Gasteiger partial charge in [0.2, 0.25) is 0 Å². The molecule has 0 unspecified atom stereocenters. The van der Waals surface area contributed by atoms with E-state index in [1.807, 2.05) is 10.8 Å². The topological polar surface area (TPSA) is 69.6 Å². The fourth-order valence-corrected chi connectivity index (χ4v) is 3.03. The molecule has 0 radical (unpaired) electrons. The number of imidazole rings is 1. The second kappa shape index (κ2) is 5.07. The fraction of sp³-hybridized carbons (Fsp3) is 0.308. The molecule has 0 bridgehead atoms. The molecule has 0 atom stereocenters. The zero-order valence-electron chi connectivity index (χ0n) is 10.7. The summed E-state index contributed by atoms with van der Waals surface area (Å²) in [6.45, 7) is 2.73. The van der Waals surface area contributed by atoms with Crippen molar-refractivity contribution in [2.45, 2.75) is 19.8 Å². The number of aryl methyl sites for hydroxylation is 1. The lowest BCUT2D eigenvalue weighted by atomic mass is 10.3. The molecule has 3 aromatic rings. The molecule has 0 aliphatic carbocycles. The summed E-state index contributed by atoms with van der Waals surface area (Å²) < 4.78 is 2.00. The molecule has 0 saturated carbocycles. The smallest absolute Gasteiger partial charge is 0.150 e. The maximum atomic E-state index is 5.62. The largest absolute Gasteiger partial charge is 0.330 e. The molecular weight excluding hydrogens is 258 g/mol. The van der Waals surface area contributed by atoms with Crippen molar-refractivity contribution in [3.05, 3.63) is 35.5 Å². The summed E-state index contributed by atoms with van der Waals surface area (Å²) in [5, 5.41) is 1.08. The zero-order chi connectivity index (χ0) is 13.2.